The van der Waals surface area contributed by atoms with Crippen molar-refractivity contribution in [2.24, 2.45) is 0 Å². The average molecular weight is 413 g/mol. The van der Waals surface area contributed by atoms with Crippen molar-refractivity contribution < 1.29 is 27.8 Å². The molecule has 7 nitrogen and oxygen atoms in total. The van der Waals surface area contributed by atoms with Crippen LogP contribution < -0.4 is 14.8 Å². The summed E-state index contributed by atoms with van der Waals surface area (Å²) in [5, 5.41) is 6.97. The van der Waals surface area contributed by atoms with Gasteiger partial charge in [-0.15, -0.1) is 0 Å². The molecule has 0 bridgehead atoms. The number of hydrogen-bond acceptors (Lipinski definition) is 5. The minimum absolute atomic E-state index is 0.0660. The monoisotopic (exact) mass is 413 g/mol. The SMILES string of the molecule is O=C(NCc1ccc(F)cc1F)c1cc2n(n1)C[C@@H](c1ccc3c(c1)OCO3)OC2. The highest BCUT2D eigenvalue weighted by atomic mass is 19.1. The summed E-state index contributed by atoms with van der Waals surface area (Å²) in [6.07, 6.45) is -0.240. The molecule has 0 fully saturated rings. The quantitative estimate of drug-likeness (QED) is 0.712. The summed E-state index contributed by atoms with van der Waals surface area (Å²) in [6, 6.07) is 10.5. The van der Waals surface area contributed by atoms with Gasteiger partial charge in [-0.2, -0.15) is 5.10 Å². The number of nitrogens with one attached hydrogen (secondary N) is 1. The van der Waals surface area contributed by atoms with E-state index in [0.29, 0.717) is 24.7 Å². The first kappa shape index (κ1) is 18.6. The van der Waals surface area contributed by atoms with Crippen LogP contribution in [-0.4, -0.2) is 22.5 Å². The average Bonchev–Trinajstić information content (AvgIpc) is 3.38. The van der Waals surface area contributed by atoms with Gasteiger partial charge in [0.2, 0.25) is 6.79 Å². The van der Waals surface area contributed by atoms with Crippen LogP contribution in [0.25, 0.3) is 0 Å². The smallest absolute Gasteiger partial charge is 0.272 e. The molecule has 1 N–H and O–H groups in total. The number of aromatic nitrogens is 2. The molecule has 9 heteroatoms. The third-order valence-electron chi connectivity index (χ3n) is 5.09. The van der Waals surface area contributed by atoms with Gasteiger partial charge in [-0.1, -0.05) is 12.1 Å². The summed E-state index contributed by atoms with van der Waals surface area (Å²) in [6.45, 7) is 0.873. The summed E-state index contributed by atoms with van der Waals surface area (Å²) < 4.78 is 45.1. The molecule has 0 radical (unpaired) electrons. The zero-order valence-corrected chi connectivity index (χ0v) is 15.7. The first-order valence-electron chi connectivity index (χ1n) is 9.37. The molecule has 2 aliphatic rings. The van der Waals surface area contributed by atoms with E-state index in [0.717, 1.165) is 23.4 Å². The maximum Gasteiger partial charge on any atom is 0.272 e. The number of benzene rings is 2. The number of rotatable bonds is 4. The lowest BCUT2D eigenvalue weighted by molar-refractivity contribution is -0.00128. The fourth-order valence-electron chi connectivity index (χ4n) is 3.48. The molecule has 1 amide bonds. The number of carbonyl (C=O) groups excluding carboxylic acids is 1. The van der Waals surface area contributed by atoms with Gasteiger partial charge in [-0.3, -0.25) is 9.48 Å². The van der Waals surface area contributed by atoms with Gasteiger partial charge in [0.25, 0.3) is 5.91 Å². The van der Waals surface area contributed by atoms with E-state index in [1.807, 2.05) is 18.2 Å². The van der Waals surface area contributed by atoms with Crippen molar-refractivity contribution in [2.75, 3.05) is 6.79 Å². The lowest BCUT2D eigenvalue weighted by atomic mass is 10.1. The molecule has 5 rings (SSSR count). The summed E-state index contributed by atoms with van der Waals surface area (Å²) in [5.41, 5.74) is 2.10. The zero-order chi connectivity index (χ0) is 20.7. The van der Waals surface area contributed by atoms with Crippen molar-refractivity contribution in [2.45, 2.75) is 25.8 Å². The predicted molar refractivity (Wildman–Crippen MR) is 99.9 cm³/mol. The molecule has 1 aromatic heterocycles. The minimum Gasteiger partial charge on any atom is -0.454 e. The number of carbonyl (C=O) groups is 1. The summed E-state index contributed by atoms with van der Waals surface area (Å²) >= 11 is 0. The van der Waals surface area contributed by atoms with Gasteiger partial charge in [0.1, 0.15) is 17.7 Å². The first-order valence-corrected chi connectivity index (χ1v) is 9.37. The molecule has 2 aliphatic heterocycles. The molecule has 154 valence electrons. The maximum absolute atomic E-state index is 13.7. The van der Waals surface area contributed by atoms with Crippen LogP contribution in [-0.2, 0) is 24.4 Å². The van der Waals surface area contributed by atoms with E-state index in [4.69, 9.17) is 14.2 Å². The number of hydrogen-bond donors (Lipinski definition) is 1. The molecule has 30 heavy (non-hydrogen) atoms. The van der Waals surface area contributed by atoms with Crippen molar-refractivity contribution in [1.29, 1.82) is 0 Å². The number of ether oxygens (including phenoxy) is 3. The molecule has 0 spiro atoms. The van der Waals surface area contributed by atoms with Crippen LogP contribution in [0, 0.1) is 11.6 Å². The Morgan fingerprint density at radius 3 is 2.87 bits per heavy atom. The molecule has 0 saturated heterocycles. The Hall–Kier alpha value is -3.46. The van der Waals surface area contributed by atoms with Gasteiger partial charge in [-0.05, 0) is 29.8 Å². The van der Waals surface area contributed by atoms with E-state index in [1.54, 1.807) is 10.7 Å². The second-order valence-electron chi connectivity index (χ2n) is 7.03. The van der Waals surface area contributed by atoms with Gasteiger partial charge in [-0.25, -0.2) is 8.78 Å². The maximum atomic E-state index is 13.7. The Morgan fingerprint density at radius 1 is 1.13 bits per heavy atom. The van der Waals surface area contributed by atoms with Crippen LogP contribution in [0.15, 0.2) is 42.5 Å². The van der Waals surface area contributed by atoms with Crippen molar-refractivity contribution in [3.05, 3.63) is 76.6 Å². The van der Waals surface area contributed by atoms with Crippen LogP contribution in [0.1, 0.15) is 33.4 Å². The van der Waals surface area contributed by atoms with E-state index in [9.17, 15) is 13.6 Å². The normalized spacial score (nSPS) is 16.9. The lowest BCUT2D eigenvalue weighted by Gasteiger charge is -2.24. The molecule has 3 heterocycles. The number of halogens is 2. The number of nitrogens with zero attached hydrogens (tertiary/aromatic N) is 2. The molecule has 2 aromatic carbocycles. The van der Waals surface area contributed by atoms with Gasteiger partial charge in [0.05, 0.1) is 18.8 Å². The van der Waals surface area contributed by atoms with E-state index in [2.05, 4.69) is 10.4 Å². The molecular weight excluding hydrogens is 396 g/mol. The molecular formula is C21H17F2N3O4. The van der Waals surface area contributed by atoms with Gasteiger partial charge in [0.15, 0.2) is 17.2 Å². The van der Waals surface area contributed by atoms with E-state index >= 15 is 0 Å². The predicted octanol–water partition coefficient (Wildman–Crippen LogP) is 3.09. The largest absolute Gasteiger partial charge is 0.454 e. The van der Waals surface area contributed by atoms with Crippen molar-refractivity contribution in [3.63, 3.8) is 0 Å². The Bertz CT molecular complexity index is 1130. The third kappa shape index (κ3) is 3.48. The van der Waals surface area contributed by atoms with Crippen molar-refractivity contribution >= 4 is 5.91 Å². The molecule has 1 atom stereocenters. The molecule has 0 saturated carbocycles. The first-order chi connectivity index (χ1) is 14.6. The van der Waals surface area contributed by atoms with E-state index < -0.39 is 17.5 Å². The van der Waals surface area contributed by atoms with Crippen LogP contribution in [0.3, 0.4) is 0 Å². The van der Waals surface area contributed by atoms with E-state index in [-0.39, 0.29) is 30.7 Å². The second kappa shape index (κ2) is 7.42. The highest BCUT2D eigenvalue weighted by Gasteiger charge is 2.26. The molecule has 3 aromatic rings. The summed E-state index contributed by atoms with van der Waals surface area (Å²) in [7, 11) is 0. The Morgan fingerprint density at radius 2 is 2.00 bits per heavy atom. The minimum atomic E-state index is -0.709. The third-order valence-corrected chi connectivity index (χ3v) is 5.09. The summed E-state index contributed by atoms with van der Waals surface area (Å²) in [4.78, 5) is 12.4. The number of amides is 1. The standard InChI is InChI=1S/C21H17F2N3O4/c22-14-3-1-13(16(23)6-14)8-24-21(27)17-7-15-10-28-20(9-26(15)25-17)12-2-4-18-19(5-12)30-11-29-18/h1-7,20H,8-11H2,(H,24,27)/t20-/m0/s1. The van der Waals surface area contributed by atoms with E-state index in [1.165, 1.54) is 6.07 Å². The van der Waals surface area contributed by atoms with Gasteiger partial charge in [0, 0.05) is 18.2 Å². The van der Waals surface area contributed by atoms with Crippen LogP contribution in [0.4, 0.5) is 8.78 Å². The van der Waals surface area contributed by atoms with Crippen LogP contribution in [0.5, 0.6) is 11.5 Å². The Labute approximate surface area is 170 Å². The fraction of sp³-hybridized carbons (Fsp3) is 0.238. The van der Waals surface area contributed by atoms with Gasteiger partial charge >= 0.3 is 0 Å². The van der Waals surface area contributed by atoms with Crippen molar-refractivity contribution in [1.82, 2.24) is 15.1 Å². The Kier molecular flexibility index (Phi) is 4.59. The molecule has 0 aliphatic carbocycles. The topological polar surface area (TPSA) is 74.6 Å². The van der Waals surface area contributed by atoms with Crippen LogP contribution >= 0.6 is 0 Å². The number of fused-ring (bicyclic) bond motifs is 2. The lowest BCUT2D eigenvalue weighted by Crippen LogP contribution is -2.24. The van der Waals surface area contributed by atoms with Crippen molar-refractivity contribution in [3.8, 4) is 11.5 Å². The zero-order valence-electron chi connectivity index (χ0n) is 15.7. The second-order valence-corrected chi connectivity index (χ2v) is 7.03. The highest BCUT2D eigenvalue weighted by Crippen LogP contribution is 2.36. The Balaban J connectivity index is 1.27. The summed E-state index contributed by atoms with van der Waals surface area (Å²) in [5.74, 6) is -0.442. The highest BCUT2D eigenvalue weighted by molar-refractivity contribution is 5.92. The van der Waals surface area contributed by atoms with Gasteiger partial charge < -0.3 is 19.5 Å². The van der Waals surface area contributed by atoms with Crippen LogP contribution in [0.2, 0.25) is 0 Å². The fourth-order valence-corrected chi connectivity index (χ4v) is 3.48. The molecule has 0 unspecified atom stereocenters.